The minimum Gasteiger partial charge on any atom is -0.508 e. The molecule has 0 atom stereocenters. The van der Waals surface area contributed by atoms with Crippen LogP contribution in [0.1, 0.15) is 30.4 Å². The molecular weight excluding hydrogens is 242 g/mol. The second kappa shape index (κ2) is 5.69. The molecule has 1 N–H and O–H groups in total. The summed E-state index contributed by atoms with van der Waals surface area (Å²) in [6, 6.07) is 5.10. The molecule has 0 saturated carbocycles. The van der Waals surface area contributed by atoms with Gasteiger partial charge in [0.25, 0.3) is 5.91 Å². The van der Waals surface area contributed by atoms with E-state index in [0.717, 1.165) is 24.0 Å². The summed E-state index contributed by atoms with van der Waals surface area (Å²) < 4.78 is 0. The van der Waals surface area contributed by atoms with Crippen LogP contribution in [-0.2, 0) is 9.59 Å². The van der Waals surface area contributed by atoms with Gasteiger partial charge >= 0.3 is 0 Å². The number of imide groups is 1. The molecule has 1 heterocycles. The van der Waals surface area contributed by atoms with Crippen LogP contribution in [0.25, 0.3) is 6.08 Å². The van der Waals surface area contributed by atoms with E-state index in [2.05, 4.69) is 0 Å². The van der Waals surface area contributed by atoms with Crippen molar-refractivity contribution in [3.8, 4) is 5.75 Å². The number of phenolic OH excluding ortho intramolecular Hbond substituents is 1. The Balaban J connectivity index is 2.07. The van der Waals surface area contributed by atoms with E-state index in [4.69, 9.17) is 0 Å². The molecule has 4 heteroatoms. The normalized spacial score (nSPS) is 16.1. The van der Waals surface area contributed by atoms with Crippen molar-refractivity contribution in [1.29, 1.82) is 0 Å². The zero-order chi connectivity index (χ0) is 13.8. The summed E-state index contributed by atoms with van der Waals surface area (Å²) in [6.07, 6.45) is 5.27. The summed E-state index contributed by atoms with van der Waals surface area (Å²) in [5, 5.41) is 9.42. The second-order valence-electron chi connectivity index (χ2n) is 4.72. The average Bonchev–Trinajstić information content (AvgIpc) is 2.40. The Morgan fingerprint density at radius 3 is 2.84 bits per heavy atom. The first kappa shape index (κ1) is 13.3. The first-order valence-electron chi connectivity index (χ1n) is 6.40. The monoisotopic (exact) mass is 259 g/mol. The fraction of sp³-hybridized carbons (Fsp3) is 0.333. The van der Waals surface area contributed by atoms with E-state index in [0.29, 0.717) is 13.0 Å². The molecule has 2 amide bonds. The highest BCUT2D eigenvalue weighted by Crippen LogP contribution is 2.18. The molecule has 19 heavy (non-hydrogen) atoms. The number of aryl methyl sites for hydroxylation is 1. The number of amides is 2. The summed E-state index contributed by atoms with van der Waals surface area (Å²) >= 11 is 0. The van der Waals surface area contributed by atoms with E-state index < -0.39 is 0 Å². The van der Waals surface area contributed by atoms with Gasteiger partial charge in [0, 0.05) is 19.0 Å². The largest absolute Gasteiger partial charge is 0.508 e. The lowest BCUT2D eigenvalue weighted by Crippen LogP contribution is -2.39. The van der Waals surface area contributed by atoms with Gasteiger partial charge in [0.2, 0.25) is 5.91 Å². The van der Waals surface area contributed by atoms with Crippen molar-refractivity contribution in [2.75, 3.05) is 6.54 Å². The van der Waals surface area contributed by atoms with Crippen LogP contribution < -0.4 is 0 Å². The SMILES string of the molecule is Cc1cc(/C=C/C(=O)N2CCCCC2=O)ccc1O. The maximum Gasteiger partial charge on any atom is 0.253 e. The van der Waals surface area contributed by atoms with Gasteiger partial charge in [-0.15, -0.1) is 0 Å². The number of nitrogens with zero attached hydrogens (tertiary/aromatic N) is 1. The number of carbonyl (C=O) groups is 2. The number of rotatable bonds is 2. The summed E-state index contributed by atoms with van der Waals surface area (Å²) in [7, 11) is 0. The molecule has 0 unspecified atom stereocenters. The molecule has 4 nitrogen and oxygen atoms in total. The summed E-state index contributed by atoms with van der Waals surface area (Å²) in [5.41, 5.74) is 1.58. The number of hydrogen-bond acceptors (Lipinski definition) is 3. The lowest BCUT2D eigenvalue weighted by atomic mass is 10.1. The van der Waals surface area contributed by atoms with Crippen LogP contribution in [-0.4, -0.2) is 28.4 Å². The quantitative estimate of drug-likeness (QED) is 0.829. The Kier molecular flexibility index (Phi) is 4.00. The molecule has 1 aliphatic heterocycles. The Bertz CT molecular complexity index is 534. The fourth-order valence-electron chi connectivity index (χ4n) is 2.08. The number of aromatic hydroxyl groups is 1. The van der Waals surface area contributed by atoms with Gasteiger partial charge < -0.3 is 5.11 Å². The first-order chi connectivity index (χ1) is 9.08. The Labute approximate surface area is 112 Å². The maximum atomic E-state index is 11.9. The number of carbonyl (C=O) groups excluding carboxylic acids is 2. The molecule has 0 bridgehead atoms. The van der Waals surface area contributed by atoms with E-state index in [9.17, 15) is 14.7 Å². The minimum atomic E-state index is -0.268. The Morgan fingerprint density at radius 2 is 2.16 bits per heavy atom. The maximum absolute atomic E-state index is 11.9. The van der Waals surface area contributed by atoms with E-state index >= 15 is 0 Å². The van der Waals surface area contributed by atoms with E-state index in [1.54, 1.807) is 31.2 Å². The van der Waals surface area contributed by atoms with Crippen LogP contribution in [0.15, 0.2) is 24.3 Å². The summed E-state index contributed by atoms with van der Waals surface area (Å²) in [6.45, 7) is 2.30. The number of phenols is 1. The van der Waals surface area contributed by atoms with Crippen molar-refractivity contribution >= 4 is 17.9 Å². The summed E-state index contributed by atoms with van der Waals surface area (Å²) in [4.78, 5) is 24.8. The summed E-state index contributed by atoms with van der Waals surface area (Å²) in [5.74, 6) is -0.132. The molecule has 0 aliphatic carbocycles. The van der Waals surface area contributed by atoms with Crippen LogP contribution in [0.4, 0.5) is 0 Å². The second-order valence-corrected chi connectivity index (χ2v) is 4.72. The molecule has 2 rings (SSSR count). The smallest absolute Gasteiger partial charge is 0.253 e. The van der Waals surface area contributed by atoms with Crippen molar-refractivity contribution in [2.24, 2.45) is 0 Å². The molecule has 0 spiro atoms. The number of hydrogen-bond donors (Lipinski definition) is 1. The molecule has 0 radical (unpaired) electrons. The third-order valence-corrected chi connectivity index (χ3v) is 3.23. The van der Waals surface area contributed by atoms with Gasteiger partial charge in [-0.1, -0.05) is 6.07 Å². The predicted octanol–water partition coefficient (Wildman–Crippen LogP) is 2.25. The Morgan fingerprint density at radius 1 is 1.37 bits per heavy atom. The highest BCUT2D eigenvalue weighted by atomic mass is 16.3. The number of piperidine rings is 1. The molecule has 1 fully saturated rings. The van der Waals surface area contributed by atoms with E-state index in [1.165, 1.54) is 11.0 Å². The van der Waals surface area contributed by atoms with Crippen LogP contribution in [0.3, 0.4) is 0 Å². The minimum absolute atomic E-state index is 0.0946. The topological polar surface area (TPSA) is 57.6 Å². The van der Waals surface area contributed by atoms with Crippen LogP contribution >= 0.6 is 0 Å². The zero-order valence-corrected chi connectivity index (χ0v) is 10.9. The number of benzene rings is 1. The third-order valence-electron chi connectivity index (χ3n) is 3.23. The molecule has 1 aliphatic rings. The van der Waals surface area contributed by atoms with Crippen molar-refractivity contribution in [3.05, 3.63) is 35.4 Å². The lowest BCUT2D eigenvalue weighted by molar-refractivity contribution is -0.143. The molecule has 1 aromatic carbocycles. The Hall–Kier alpha value is -2.10. The zero-order valence-electron chi connectivity index (χ0n) is 10.9. The van der Waals surface area contributed by atoms with Gasteiger partial charge in [-0.3, -0.25) is 14.5 Å². The van der Waals surface area contributed by atoms with Crippen LogP contribution in [0, 0.1) is 6.92 Å². The third kappa shape index (κ3) is 3.22. The predicted molar refractivity (Wildman–Crippen MR) is 72.4 cm³/mol. The standard InChI is InChI=1S/C15H17NO3/c1-11-10-12(5-7-13(11)17)6-8-15(19)16-9-3-2-4-14(16)18/h5-8,10,17H,2-4,9H2,1H3/b8-6+. The number of likely N-dealkylation sites (tertiary alicyclic amines) is 1. The van der Waals surface area contributed by atoms with Gasteiger partial charge in [0.1, 0.15) is 5.75 Å². The van der Waals surface area contributed by atoms with Crippen LogP contribution in [0.5, 0.6) is 5.75 Å². The highest BCUT2D eigenvalue weighted by molar-refractivity contribution is 6.03. The molecule has 1 aromatic rings. The van der Waals surface area contributed by atoms with Gasteiger partial charge in [0.15, 0.2) is 0 Å². The van der Waals surface area contributed by atoms with E-state index in [-0.39, 0.29) is 17.6 Å². The van der Waals surface area contributed by atoms with Gasteiger partial charge in [-0.2, -0.15) is 0 Å². The van der Waals surface area contributed by atoms with E-state index in [1.807, 2.05) is 0 Å². The van der Waals surface area contributed by atoms with Gasteiger partial charge in [-0.05, 0) is 49.1 Å². The first-order valence-corrected chi connectivity index (χ1v) is 6.40. The molecule has 1 saturated heterocycles. The van der Waals surface area contributed by atoms with Crippen molar-refractivity contribution in [2.45, 2.75) is 26.2 Å². The molecular formula is C15H17NO3. The molecule has 100 valence electrons. The lowest BCUT2D eigenvalue weighted by Gasteiger charge is -2.23. The van der Waals surface area contributed by atoms with Crippen molar-refractivity contribution in [3.63, 3.8) is 0 Å². The van der Waals surface area contributed by atoms with Gasteiger partial charge in [-0.25, -0.2) is 0 Å². The van der Waals surface area contributed by atoms with Crippen LogP contribution in [0.2, 0.25) is 0 Å². The average molecular weight is 259 g/mol. The highest BCUT2D eigenvalue weighted by Gasteiger charge is 2.22. The van der Waals surface area contributed by atoms with Crippen molar-refractivity contribution < 1.29 is 14.7 Å². The van der Waals surface area contributed by atoms with Gasteiger partial charge in [0.05, 0.1) is 0 Å². The molecule has 0 aromatic heterocycles. The fourth-order valence-corrected chi connectivity index (χ4v) is 2.08. The van der Waals surface area contributed by atoms with Crippen molar-refractivity contribution in [1.82, 2.24) is 4.90 Å².